The molecule has 0 amide bonds. The minimum atomic E-state index is -6.00. The second-order valence-electron chi connectivity index (χ2n) is 4.09. The number of hydrogen-bond acceptors (Lipinski definition) is 3. The molecule has 4 nitrogen and oxygen atoms in total. The summed E-state index contributed by atoms with van der Waals surface area (Å²) in [7, 11) is -21.0. The summed E-state index contributed by atoms with van der Waals surface area (Å²) < 4.78 is 166. The van der Waals surface area contributed by atoms with E-state index in [4.69, 9.17) is 14.9 Å². The topological polar surface area (TPSA) is 46.6 Å². The average molecular weight is 512 g/mol. The predicted molar refractivity (Wildman–Crippen MR) is 85.0 cm³/mol. The Bertz CT molecular complexity index is 584. The van der Waals surface area contributed by atoms with Crippen molar-refractivity contribution in [2.75, 3.05) is 14.2 Å². The molecule has 1 aromatic carbocycles. The molecule has 0 saturated carbocycles. The number of para-hydroxylation sites is 1. The van der Waals surface area contributed by atoms with Crippen LogP contribution in [0.4, 0.5) is 74.7 Å². The van der Waals surface area contributed by atoms with Crippen LogP contribution in [-0.2, 0) is 0 Å². The number of diazo groups is 1. The van der Waals surface area contributed by atoms with E-state index in [1.165, 1.54) is 14.2 Å². The Labute approximate surface area is 168 Å². The zero-order valence-electron chi connectivity index (χ0n) is 15.3. The summed E-state index contributed by atoms with van der Waals surface area (Å²) in [5.74, 6) is 0.982. The van der Waals surface area contributed by atoms with Crippen LogP contribution in [0.2, 0.25) is 0 Å². The zero-order valence-corrected chi connectivity index (χ0v) is 15.3. The first-order chi connectivity index (χ1) is 13.8. The van der Waals surface area contributed by atoms with E-state index in [1.807, 2.05) is 0 Å². The van der Waals surface area contributed by atoms with Gasteiger partial charge < -0.3 is 78.5 Å². The summed E-state index contributed by atoms with van der Waals surface area (Å²) in [6.07, 6.45) is 0. The van der Waals surface area contributed by atoms with Crippen LogP contribution >= 0.6 is 0 Å². The van der Waals surface area contributed by atoms with Gasteiger partial charge in [-0.3, -0.25) is 0 Å². The maximum atomic E-state index is 9.75. The molecule has 0 aliphatic carbocycles. The molecule has 24 heteroatoms. The van der Waals surface area contributed by atoms with Crippen LogP contribution in [0.5, 0.6) is 11.5 Å². The van der Waals surface area contributed by atoms with Gasteiger partial charge in [-0.2, -0.15) is 0 Å². The van der Waals surface area contributed by atoms with E-state index in [0.717, 1.165) is 0 Å². The summed E-state index contributed by atoms with van der Waals surface area (Å²) in [4.78, 5) is 3.04. The molecule has 0 bridgehead atoms. The van der Waals surface area contributed by atoms with E-state index in [0.29, 0.717) is 17.2 Å². The summed E-state index contributed by atoms with van der Waals surface area (Å²) in [6, 6.07) is 5.07. The highest BCUT2D eigenvalue weighted by Crippen LogP contribution is 2.36. The van der Waals surface area contributed by atoms with Crippen molar-refractivity contribution < 1.29 is 78.5 Å². The smallest absolute Gasteiger partial charge is 0.493 e. The van der Waals surface area contributed by atoms with Crippen LogP contribution in [0.3, 0.4) is 0 Å². The lowest BCUT2D eigenvalue weighted by molar-refractivity contribution is 0.357. The highest BCUT2D eigenvalue weighted by atomic mass is 19.5. The number of halogens is 16. The van der Waals surface area contributed by atoms with Crippen LogP contribution in [0.15, 0.2) is 18.2 Å². The largest absolute Gasteiger partial charge is 0.673 e. The lowest BCUT2D eigenvalue weighted by Gasteiger charge is -2.02. The van der Waals surface area contributed by atoms with Crippen molar-refractivity contribution in [2.24, 2.45) is 0 Å². The van der Waals surface area contributed by atoms with Crippen LogP contribution in [0.25, 0.3) is 4.98 Å². The molecule has 0 aliphatic heterocycles. The lowest BCUT2D eigenvalue weighted by Crippen LogP contribution is -2.02. The highest BCUT2D eigenvalue weighted by molar-refractivity contribution is 6.50. The van der Waals surface area contributed by atoms with Gasteiger partial charge in [0.25, 0.3) is 5.75 Å². The second kappa shape index (κ2) is 16.1. The first-order valence-electron chi connectivity index (χ1n) is 6.88. The molecule has 0 aromatic heterocycles. The molecule has 0 fully saturated rings. The molecule has 0 N–H and O–H groups in total. The third-order valence-corrected chi connectivity index (χ3v) is 1.49. The van der Waals surface area contributed by atoms with Gasteiger partial charge in [0.2, 0.25) is 5.39 Å². The van der Waals surface area contributed by atoms with Gasteiger partial charge >= 0.3 is 34.7 Å². The number of nitrogens with zero attached hydrogens (tertiary/aromatic N) is 2. The van der Waals surface area contributed by atoms with Crippen LogP contribution < -0.4 is 9.47 Å². The summed E-state index contributed by atoms with van der Waals surface area (Å²) in [5, 5.41) is 8.56. The Morgan fingerprint density at radius 3 is 1.06 bits per heavy atom. The summed E-state index contributed by atoms with van der Waals surface area (Å²) in [5.41, 5.74) is 0.358. The van der Waals surface area contributed by atoms with Crippen molar-refractivity contribution >= 4 is 34.7 Å². The van der Waals surface area contributed by atoms with Crippen molar-refractivity contribution in [3.05, 3.63) is 23.2 Å². The first kappa shape index (κ1) is 36.7. The maximum Gasteiger partial charge on any atom is 0.673 e. The Kier molecular flexibility index (Phi) is 18.5. The van der Waals surface area contributed by atoms with Gasteiger partial charge in [-0.1, -0.05) is 6.07 Å². The summed E-state index contributed by atoms with van der Waals surface area (Å²) >= 11 is 0. The van der Waals surface area contributed by atoms with Gasteiger partial charge in [0.1, 0.15) is 0 Å². The third kappa shape index (κ3) is 63.1. The second-order valence-corrected chi connectivity index (χ2v) is 4.09. The average Bonchev–Trinajstić information content (AvgIpc) is 2.47. The zero-order chi connectivity index (χ0) is 27.0. The SMILES string of the molecule is COc1cccc([N+]#N)c1OC.F[B-](F)(F)F.F[B-](F)(F)F.F[B-](F)(F)F.F[B-](F)(F)F. The maximum absolute atomic E-state index is 9.75. The van der Waals surface area contributed by atoms with Crippen molar-refractivity contribution in [3.8, 4) is 11.5 Å². The molecule has 1 rings (SSSR count). The number of rotatable bonds is 2. The normalized spacial score (nSPS) is 10.8. The fourth-order valence-electron chi connectivity index (χ4n) is 0.949. The molecule has 0 radical (unpaired) electrons. The minimum absolute atomic E-state index is 0.358. The number of methoxy groups -OCH3 is 2. The van der Waals surface area contributed by atoms with Gasteiger partial charge in [-0.25, -0.2) is 0 Å². The van der Waals surface area contributed by atoms with Crippen molar-refractivity contribution in [1.82, 2.24) is 0 Å². The van der Waals surface area contributed by atoms with Crippen LogP contribution in [0, 0.1) is 5.39 Å². The summed E-state index contributed by atoms with van der Waals surface area (Å²) in [6.45, 7) is 0. The van der Waals surface area contributed by atoms with E-state index < -0.39 is 29.0 Å². The van der Waals surface area contributed by atoms with E-state index in [1.54, 1.807) is 18.2 Å². The van der Waals surface area contributed by atoms with Gasteiger partial charge in [0.05, 0.1) is 14.2 Å². The third-order valence-electron chi connectivity index (χ3n) is 1.49. The van der Waals surface area contributed by atoms with Gasteiger partial charge in [-0.05, 0) is 6.07 Å². The minimum Gasteiger partial charge on any atom is -0.493 e. The fraction of sp³-hybridized carbons (Fsp3) is 0.250. The van der Waals surface area contributed by atoms with Gasteiger partial charge in [0, 0.05) is 6.07 Å². The molecule has 0 heterocycles. The van der Waals surface area contributed by atoms with E-state index in [-0.39, 0.29) is 0 Å². The van der Waals surface area contributed by atoms with Crippen LogP contribution in [0.1, 0.15) is 0 Å². The molecule has 0 saturated heterocycles. The van der Waals surface area contributed by atoms with Crippen molar-refractivity contribution in [3.63, 3.8) is 0 Å². The van der Waals surface area contributed by atoms with E-state index >= 15 is 0 Å². The highest BCUT2D eigenvalue weighted by Gasteiger charge is 2.22. The molecule has 0 spiro atoms. The Morgan fingerprint density at radius 1 is 0.594 bits per heavy atom. The molecule has 0 unspecified atom stereocenters. The molecule has 190 valence electrons. The Balaban J connectivity index is -0.000000167. The standard InChI is InChI=1S/C8H9N2O2.4BF4/c1-11-7-5-3-4-6(10-9)8(7)12-2;4*2-1(3,4)5/h3-5H,1-2H3;;;;/q+1;4*-1. The molecular weight excluding hydrogens is 503 g/mol. The quantitative estimate of drug-likeness (QED) is 0.236. The van der Waals surface area contributed by atoms with E-state index in [2.05, 4.69) is 4.98 Å². The lowest BCUT2D eigenvalue weighted by atomic mass is 10.3. The van der Waals surface area contributed by atoms with Gasteiger partial charge in [0.15, 0.2) is 10.7 Å². The Morgan fingerprint density at radius 2 is 0.875 bits per heavy atom. The van der Waals surface area contributed by atoms with Gasteiger partial charge in [-0.15, -0.1) is 0 Å². The van der Waals surface area contributed by atoms with Crippen molar-refractivity contribution in [1.29, 1.82) is 5.39 Å². The van der Waals surface area contributed by atoms with Crippen molar-refractivity contribution in [2.45, 2.75) is 0 Å². The molecule has 1 aromatic rings. The van der Waals surface area contributed by atoms with Crippen LogP contribution in [-0.4, -0.2) is 43.2 Å². The number of benzene rings is 1. The number of hydrogen-bond donors (Lipinski definition) is 0. The monoisotopic (exact) mass is 513 g/mol. The molecule has 0 aliphatic rings. The first-order valence-corrected chi connectivity index (χ1v) is 6.88. The fourth-order valence-corrected chi connectivity index (χ4v) is 0.949. The molecular formula is C8H9B4F16N2O2-3. The molecule has 32 heavy (non-hydrogen) atoms. The Hall–Kier alpha value is -2.62. The number of ether oxygens (including phenoxy) is 2. The van der Waals surface area contributed by atoms with E-state index in [9.17, 15) is 69.1 Å². The predicted octanol–water partition coefficient (Wildman–Crippen LogP) is 7.39. The molecule has 0 atom stereocenters.